The van der Waals surface area contributed by atoms with E-state index in [0.29, 0.717) is 19.5 Å². The van der Waals surface area contributed by atoms with E-state index in [1.165, 1.54) is 7.11 Å². The van der Waals surface area contributed by atoms with Crippen molar-refractivity contribution in [3.8, 4) is 0 Å². The molecule has 2 unspecified atom stereocenters. The Hall–Kier alpha value is -2.36. The van der Waals surface area contributed by atoms with Crippen LogP contribution in [-0.2, 0) is 19.1 Å². The topological polar surface area (TPSA) is 163 Å². The van der Waals surface area contributed by atoms with Crippen molar-refractivity contribution in [2.75, 3.05) is 20.2 Å². The number of guanidine groups is 1. The van der Waals surface area contributed by atoms with Crippen LogP contribution in [0.4, 0.5) is 0 Å². The number of ether oxygens (including phenoxy) is 1. The molecule has 0 aromatic heterocycles. The summed E-state index contributed by atoms with van der Waals surface area (Å²) in [6, 6.07) is -2.12. The van der Waals surface area contributed by atoms with Crippen LogP contribution in [-0.4, -0.2) is 66.4 Å². The van der Waals surface area contributed by atoms with Crippen molar-refractivity contribution in [3.63, 3.8) is 0 Å². The number of aliphatic imine (C=N–C) groups is 1. The number of hydrogen-bond donors (Lipinski definition) is 5. The molecule has 0 bridgehead atoms. The first kappa shape index (κ1) is 21.6. The molecule has 0 amide bonds. The first-order valence-corrected chi connectivity index (χ1v) is 7.64. The van der Waals surface area contributed by atoms with Gasteiger partial charge in [0.15, 0.2) is 5.96 Å². The fourth-order valence-electron chi connectivity index (χ4n) is 1.64. The van der Waals surface area contributed by atoms with E-state index in [4.69, 9.17) is 15.9 Å². The number of nitrogens with zero attached hydrogens (tertiary/aromatic N) is 1. The van der Waals surface area contributed by atoms with Crippen LogP contribution < -0.4 is 16.4 Å². The SMILES string of the molecule is CCCN=C(NCCCC(N)C(=O)O)NC(CC(=O)OC)C(=O)O. The normalized spacial score (nSPS) is 13.7. The molecule has 0 aliphatic rings. The lowest BCUT2D eigenvalue weighted by atomic mass is 10.2. The van der Waals surface area contributed by atoms with Crippen LogP contribution in [0.1, 0.15) is 32.6 Å². The molecule has 0 spiro atoms. The lowest BCUT2D eigenvalue weighted by Gasteiger charge is -2.18. The summed E-state index contributed by atoms with van der Waals surface area (Å²) in [6.07, 6.45) is 1.15. The first-order chi connectivity index (χ1) is 11.3. The van der Waals surface area contributed by atoms with Gasteiger partial charge in [0.25, 0.3) is 0 Å². The maximum atomic E-state index is 11.3. The molecule has 6 N–H and O–H groups in total. The highest BCUT2D eigenvalue weighted by molar-refractivity contribution is 5.88. The van der Waals surface area contributed by atoms with E-state index < -0.39 is 30.0 Å². The minimum atomic E-state index is -1.21. The summed E-state index contributed by atoms with van der Waals surface area (Å²) in [5, 5.41) is 23.4. The van der Waals surface area contributed by atoms with Gasteiger partial charge < -0.3 is 31.3 Å². The van der Waals surface area contributed by atoms with Gasteiger partial charge in [-0.05, 0) is 19.3 Å². The Kier molecular flexibility index (Phi) is 10.9. The highest BCUT2D eigenvalue weighted by Crippen LogP contribution is 1.97. The van der Waals surface area contributed by atoms with Crippen molar-refractivity contribution >= 4 is 23.9 Å². The van der Waals surface area contributed by atoms with Gasteiger partial charge in [-0.15, -0.1) is 0 Å². The third kappa shape index (κ3) is 9.62. The van der Waals surface area contributed by atoms with E-state index in [1.807, 2.05) is 6.92 Å². The number of nitrogens with one attached hydrogen (secondary N) is 2. The van der Waals surface area contributed by atoms with Gasteiger partial charge in [0.2, 0.25) is 0 Å². The standard InChI is InChI=1S/C14H26N4O6/c1-3-6-16-14(17-7-4-5-9(15)12(20)21)18-10(13(22)23)8-11(19)24-2/h9-10H,3-8,15H2,1-2H3,(H,20,21)(H,22,23)(H2,16,17,18). The van der Waals surface area contributed by atoms with Crippen molar-refractivity contribution in [2.24, 2.45) is 10.7 Å². The average molecular weight is 346 g/mol. The van der Waals surface area contributed by atoms with Gasteiger partial charge in [0.1, 0.15) is 12.1 Å². The van der Waals surface area contributed by atoms with Crippen LogP contribution in [0.2, 0.25) is 0 Å². The second-order valence-corrected chi connectivity index (χ2v) is 5.06. The smallest absolute Gasteiger partial charge is 0.326 e. The van der Waals surface area contributed by atoms with Crippen molar-refractivity contribution < 1.29 is 29.3 Å². The Morgan fingerprint density at radius 1 is 1.25 bits per heavy atom. The maximum Gasteiger partial charge on any atom is 0.326 e. The highest BCUT2D eigenvalue weighted by Gasteiger charge is 2.23. The molecule has 0 saturated carbocycles. The van der Waals surface area contributed by atoms with Crippen LogP contribution in [0.3, 0.4) is 0 Å². The number of esters is 1. The van der Waals surface area contributed by atoms with E-state index in [2.05, 4.69) is 20.4 Å². The third-order valence-electron chi connectivity index (χ3n) is 3.00. The fraction of sp³-hybridized carbons (Fsp3) is 0.714. The summed E-state index contributed by atoms with van der Waals surface area (Å²) in [6.45, 7) is 2.74. The van der Waals surface area contributed by atoms with Crippen LogP contribution in [0, 0.1) is 0 Å². The Morgan fingerprint density at radius 2 is 1.92 bits per heavy atom. The highest BCUT2D eigenvalue weighted by atomic mass is 16.5. The van der Waals surface area contributed by atoms with Crippen LogP contribution in [0.5, 0.6) is 0 Å². The van der Waals surface area contributed by atoms with Gasteiger partial charge in [-0.3, -0.25) is 14.6 Å². The number of carbonyl (C=O) groups is 3. The molecule has 24 heavy (non-hydrogen) atoms. The van der Waals surface area contributed by atoms with Gasteiger partial charge in [0, 0.05) is 13.1 Å². The van der Waals surface area contributed by atoms with Crippen molar-refractivity contribution in [1.29, 1.82) is 0 Å². The van der Waals surface area contributed by atoms with Gasteiger partial charge in [-0.2, -0.15) is 0 Å². The van der Waals surface area contributed by atoms with E-state index in [1.54, 1.807) is 0 Å². The number of carboxylic acid groups (broad SMARTS) is 2. The van der Waals surface area contributed by atoms with E-state index in [-0.39, 0.29) is 18.8 Å². The molecular formula is C14H26N4O6. The molecule has 138 valence electrons. The molecule has 10 nitrogen and oxygen atoms in total. The number of carboxylic acids is 2. The van der Waals surface area contributed by atoms with Crippen LogP contribution >= 0.6 is 0 Å². The predicted molar refractivity (Wildman–Crippen MR) is 86.6 cm³/mol. The first-order valence-electron chi connectivity index (χ1n) is 7.64. The fourth-order valence-corrected chi connectivity index (χ4v) is 1.64. The van der Waals surface area contributed by atoms with Crippen molar-refractivity contribution in [3.05, 3.63) is 0 Å². The average Bonchev–Trinajstić information content (AvgIpc) is 2.54. The predicted octanol–water partition coefficient (Wildman–Crippen LogP) is -0.860. The van der Waals surface area contributed by atoms with E-state index in [9.17, 15) is 14.4 Å². The number of aliphatic carboxylic acids is 2. The minimum absolute atomic E-state index is 0.233. The Labute approximate surface area is 140 Å². The largest absolute Gasteiger partial charge is 0.480 e. The zero-order chi connectivity index (χ0) is 18.5. The quantitative estimate of drug-likeness (QED) is 0.139. The van der Waals surface area contributed by atoms with Crippen molar-refractivity contribution in [1.82, 2.24) is 10.6 Å². The molecule has 10 heteroatoms. The molecule has 0 saturated heterocycles. The lowest BCUT2D eigenvalue weighted by Crippen LogP contribution is -2.48. The Balaban J connectivity index is 4.60. The third-order valence-corrected chi connectivity index (χ3v) is 3.00. The number of nitrogens with two attached hydrogens (primary N) is 1. The Bertz CT molecular complexity index is 455. The monoisotopic (exact) mass is 346 g/mol. The molecule has 0 rings (SSSR count). The number of methoxy groups -OCH3 is 1. The summed E-state index contributed by atoms with van der Waals surface area (Å²) in [4.78, 5) is 37.3. The molecule has 2 atom stereocenters. The van der Waals surface area contributed by atoms with E-state index >= 15 is 0 Å². The molecule has 0 radical (unpaired) electrons. The van der Waals surface area contributed by atoms with Gasteiger partial charge in [-0.1, -0.05) is 6.92 Å². The summed E-state index contributed by atoms with van der Waals surface area (Å²) < 4.78 is 4.47. The second-order valence-electron chi connectivity index (χ2n) is 5.06. The molecule has 0 aromatic carbocycles. The molecule has 0 fully saturated rings. The molecule has 0 aliphatic carbocycles. The zero-order valence-electron chi connectivity index (χ0n) is 13.9. The second kappa shape index (κ2) is 12.1. The lowest BCUT2D eigenvalue weighted by molar-refractivity contribution is -0.147. The van der Waals surface area contributed by atoms with Crippen LogP contribution in [0.15, 0.2) is 4.99 Å². The maximum absolute atomic E-state index is 11.3. The van der Waals surface area contributed by atoms with Gasteiger partial charge >= 0.3 is 17.9 Å². The van der Waals surface area contributed by atoms with E-state index in [0.717, 1.165) is 6.42 Å². The number of carbonyl (C=O) groups excluding carboxylic acids is 1. The molecule has 0 aliphatic heterocycles. The number of rotatable bonds is 11. The zero-order valence-corrected chi connectivity index (χ0v) is 13.9. The Morgan fingerprint density at radius 3 is 2.42 bits per heavy atom. The molecule has 0 heterocycles. The molecule has 0 aromatic rings. The molecular weight excluding hydrogens is 320 g/mol. The minimum Gasteiger partial charge on any atom is -0.480 e. The summed E-state index contributed by atoms with van der Waals surface area (Å²) in [7, 11) is 1.18. The summed E-state index contributed by atoms with van der Waals surface area (Å²) >= 11 is 0. The number of hydrogen-bond acceptors (Lipinski definition) is 6. The van der Waals surface area contributed by atoms with Crippen molar-refractivity contribution in [2.45, 2.75) is 44.7 Å². The summed E-state index contributed by atoms with van der Waals surface area (Å²) in [5.41, 5.74) is 5.40. The van der Waals surface area contributed by atoms with Gasteiger partial charge in [-0.25, -0.2) is 4.79 Å². The van der Waals surface area contributed by atoms with Crippen LogP contribution in [0.25, 0.3) is 0 Å². The van der Waals surface area contributed by atoms with Gasteiger partial charge in [0.05, 0.1) is 13.5 Å². The summed E-state index contributed by atoms with van der Waals surface area (Å²) in [5.74, 6) is -2.70.